The number of phenolic OH excluding ortho intramolecular Hbond substituents is 1. The molecule has 0 fully saturated rings. The van der Waals surface area contributed by atoms with Gasteiger partial charge in [0.25, 0.3) is 0 Å². The third-order valence-corrected chi connectivity index (χ3v) is 5.88. The molecule has 0 bridgehead atoms. The zero-order valence-electron chi connectivity index (χ0n) is 19.0. The highest BCUT2D eigenvalue weighted by atomic mass is 35.5. The van der Waals surface area contributed by atoms with Crippen LogP contribution in [0.5, 0.6) is 5.75 Å². The zero-order chi connectivity index (χ0) is 25.1. The SMILES string of the molecule is CN(c1ccc(Cl)cc1)c1ccc(C(=O)c2cc(C(=O)O)cc(N(C)c3ccc(O)cc3)c2)nc1. The van der Waals surface area contributed by atoms with Crippen LogP contribution in [0.15, 0.2) is 85.1 Å². The second-order valence-corrected chi connectivity index (χ2v) is 8.35. The first-order valence-electron chi connectivity index (χ1n) is 10.6. The van der Waals surface area contributed by atoms with Gasteiger partial charge in [-0.25, -0.2) is 4.79 Å². The number of phenols is 1. The highest BCUT2D eigenvalue weighted by molar-refractivity contribution is 6.30. The number of aromatic hydroxyl groups is 1. The van der Waals surface area contributed by atoms with Crippen molar-refractivity contribution >= 4 is 46.1 Å². The molecule has 0 atom stereocenters. The molecule has 1 aromatic heterocycles. The molecule has 0 spiro atoms. The molecular formula is C27H22ClN3O4. The molecule has 0 radical (unpaired) electrons. The summed E-state index contributed by atoms with van der Waals surface area (Å²) in [6.07, 6.45) is 1.59. The third kappa shape index (κ3) is 5.26. The lowest BCUT2D eigenvalue weighted by molar-refractivity contribution is 0.0697. The van der Waals surface area contributed by atoms with E-state index in [1.54, 1.807) is 60.6 Å². The fraction of sp³-hybridized carbons (Fsp3) is 0.0741. The van der Waals surface area contributed by atoms with Gasteiger partial charge in [0.1, 0.15) is 11.4 Å². The van der Waals surface area contributed by atoms with Gasteiger partial charge in [-0.1, -0.05) is 11.6 Å². The number of aromatic nitrogens is 1. The van der Waals surface area contributed by atoms with E-state index in [1.807, 2.05) is 24.1 Å². The van der Waals surface area contributed by atoms with Crippen molar-refractivity contribution in [2.24, 2.45) is 0 Å². The summed E-state index contributed by atoms with van der Waals surface area (Å²) < 4.78 is 0. The number of carboxylic acid groups (broad SMARTS) is 1. The molecule has 0 saturated heterocycles. The maximum Gasteiger partial charge on any atom is 0.335 e. The Kier molecular flexibility index (Phi) is 6.71. The van der Waals surface area contributed by atoms with E-state index in [-0.39, 0.29) is 22.6 Å². The fourth-order valence-corrected chi connectivity index (χ4v) is 3.69. The Hall–Kier alpha value is -4.36. The average molecular weight is 488 g/mol. The van der Waals surface area contributed by atoms with E-state index in [9.17, 15) is 19.8 Å². The predicted molar refractivity (Wildman–Crippen MR) is 137 cm³/mol. The largest absolute Gasteiger partial charge is 0.508 e. The van der Waals surface area contributed by atoms with E-state index in [1.165, 1.54) is 24.3 Å². The van der Waals surface area contributed by atoms with Crippen molar-refractivity contribution in [3.05, 3.63) is 107 Å². The Morgan fingerprint density at radius 2 is 1.29 bits per heavy atom. The molecule has 4 aromatic rings. The standard InChI is InChI=1S/C27H22ClN3O4/c1-30(20-5-3-19(28)4-6-20)22-9-12-25(29-16-22)26(33)17-13-18(27(34)35)15-23(14-17)31(2)21-7-10-24(32)11-8-21/h3-16,32H,1-2H3,(H,34,35). The Balaban J connectivity index is 1.63. The summed E-state index contributed by atoms with van der Waals surface area (Å²) in [5.41, 5.74) is 3.29. The Morgan fingerprint density at radius 1 is 0.743 bits per heavy atom. The van der Waals surface area contributed by atoms with E-state index in [0.29, 0.717) is 10.7 Å². The van der Waals surface area contributed by atoms with Crippen molar-refractivity contribution in [2.75, 3.05) is 23.9 Å². The Labute approximate surface area is 207 Å². The first kappa shape index (κ1) is 23.8. The van der Waals surface area contributed by atoms with E-state index < -0.39 is 11.8 Å². The first-order chi connectivity index (χ1) is 16.7. The highest BCUT2D eigenvalue weighted by Crippen LogP contribution is 2.29. The fourth-order valence-electron chi connectivity index (χ4n) is 3.57. The lowest BCUT2D eigenvalue weighted by Crippen LogP contribution is -2.14. The van der Waals surface area contributed by atoms with Crippen LogP contribution in [-0.2, 0) is 0 Å². The van der Waals surface area contributed by atoms with Gasteiger partial charge in [0.15, 0.2) is 0 Å². The first-order valence-corrected chi connectivity index (χ1v) is 11.0. The molecule has 176 valence electrons. The van der Waals surface area contributed by atoms with Gasteiger partial charge in [0.05, 0.1) is 17.4 Å². The number of nitrogens with zero attached hydrogens (tertiary/aromatic N) is 3. The number of pyridine rings is 1. The number of carboxylic acids is 1. The summed E-state index contributed by atoms with van der Waals surface area (Å²) in [6, 6.07) is 21.6. The summed E-state index contributed by atoms with van der Waals surface area (Å²) in [6.45, 7) is 0. The molecular weight excluding hydrogens is 466 g/mol. The van der Waals surface area contributed by atoms with Crippen molar-refractivity contribution in [1.29, 1.82) is 0 Å². The molecule has 0 aliphatic carbocycles. The molecule has 3 aromatic carbocycles. The summed E-state index contributed by atoms with van der Waals surface area (Å²) in [5, 5.41) is 19.8. The summed E-state index contributed by atoms with van der Waals surface area (Å²) >= 11 is 5.96. The van der Waals surface area contributed by atoms with Crippen LogP contribution in [0.25, 0.3) is 0 Å². The number of halogens is 1. The molecule has 4 rings (SSSR count). The molecule has 0 unspecified atom stereocenters. The van der Waals surface area contributed by atoms with Crippen molar-refractivity contribution in [3.8, 4) is 5.75 Å². The number of anilines is 4. The van der Waals surface area contributed by atoms with E-state index in [0.717, 1.165) is 17.1 Å². The number of aromatic carboxylic acids is 1. The minimum Gasteiger partial charge on any atom is -0.508 e. The van der Waals surface area contributed by atoms with Gasteiger partial charge in [-0.3, -0.25) is 9.78 Å². The van der Waals surface area contributed by atoms with Crippen molar-refractivity contribution < 1.29 is 19.8 Å². The Bertz CT molecular complexity index is 1370. The molecule has 0 saturated carbocycles. The minimum absolute atomic E-state index is 0.0180. The van der Waals surface area contributed by atoms with Crippen LogP contribution >= 0.6 is 11.6 Å². The van der Waals surface area contributed by atoms with Crippen LogP contribution in [0.3, 0.4) is 0 Å². The van der Waals surface area contributed by atoms with E-state index in [4.69, 9.17) is 11.6 Å². The van der Waals surface area contributed by atoms with Crippen LogP contribution < -0.4 is 9.80 Å². The smallest absolute Gasteiger partial charge is 0.335 e. The summed E-state index contributed by atoms with van der Waals surface area (Å²) in [4.78, 5) is 33.0. The van der Waals surface area contributed by atoms with E-state index >= 15 is 0 Å². The number of hydrogen-bond donors (Lipinski definition) is 2. The third-order valence-electron chi connectivity index (χ3n) is 5.63. The van der Waals surface area contributed by atoms with Gasteiger partial charge in [0.2, 0.25) is 5.78 Å². The minimum atomic E-state index is -1.15. The second kappa shape index (κ2) is 9.87. The van der Waals surface area contributed by atoms with Crippen LogP contribution in [0.4, 0.5) is 22.7 Å². The van der Waals surface area contributed by atoms with E-state index in [2.05, 4.69) is 4.98 Å². The van der Waals surface area contributed by atoms with Crippen LogP contribution in [0.1, 0.15) is 26.4 Å². The lowest BCUT2D eigenvalue weighted by atomic mass is 10.0. The molecule has 1 heterocycles. The molecule has 0 aliphatic rings. The zero-order valence-corrected chi connectivity index (χ0v) is 19.8. The molecule has 0 amide bonds. The van der Waals surface area contributed by atoms with Gasteiger partial charge in [0, 0.05) is 41.7 Å². The van der Waals surface area contributed by atoms with Gasteiger partial charge < -0.3 is 20.0 Å². The number of carbonyl (C=O) groups excluding carboxylic acids is 1. The van der Waals surface area contributed by atoms with Gasteiger partial charge in [-0.2, -0.15) is 0 Å². The normalized spacial score (nSPS) is 10.6. The van der Waals surface area contributed by atoms with Crippen molar-refractivity contribution in [3.63, 3.8) is 0 Å². The maximum atomic E-state index is 13.2. The quantitative estimate of drug-likeness (QED) is 0.313. The summed E-state index contributed by atoms with van der Waals surface area (Å²) in [7, 11) is 3.63. The number of benzene rings is 3. The predicted octanol–water partition coefficient (Wildman–Crippen LogP) is 5.91. The van der Waals surface area contributed by atoms with Crippen LogP contribution in [0.2, 0.25) is 5.02 Å². The van der Waals surface area contributed by atoms with Crippen molar-refractivity contribution in [2.45, 2.75) is 0 Å². The van der Waals surface area contributed by atoms with Gasteiger partial charge >= 0.3 is 5.97 Å². The summed E-state index contributed by atoms with van der Waals surface area (Å²) in [5.74, 6) is -1.42. The molecule has 35 heavy (non-hydrogen) atoms. The van der Waals surface area contributed by atoms with Crippen molar-refractivity contribution in [1.82, 2.24) is 4.98 Å². The number of rotatable bonds is 7. The number of ketones is 1. The maximum absolute atomic E-state index is 13.2. The highest BCUT2D eigenvalue weighted by Gasteiger charge is 2.18. The van der Waals surface area contributed by atoms with Crippen LogP contribution in [0, 0.1) is 0 Å². The average Bonchev–Trinajstić information content (AvgIpc) is 2.88. The topological polar surface area (TPSA) is 94.0 Å². The van der Waals surface area contributed by atoms with Crippen LogP contribution in [-0.4, -0.2) is 41.0 Å². The lowest BCUT2D eigenvalue weighted by Gasteiger charge is -2.21. The molecule has 8 heteroatoms. The number of carbonyl (C=O) groups is 2. The monoisotopic (exact) mass is 487 g/mol. The molecule has 0 aliphatic heterocycles. The van der Waals surface area contributed by atoms with Gasteiger partial charge in [-0.05, 0) is 78.9 Å². The van der Waals surface area contributed by atoms with Gasteiger partial charge in [-0.15, -0.1) is 0 Å². The molecule has 7 nitrogen and oxygen atoms in total. The molecule has 2 N–H and O–H groups in total. The second-order valence-electron chi connectivity index (χ2n) is 7.92. The number of hydrogen-bond acceptors (Lipinski definition) is 6. The Morgan fingerprint density at radius 3 is 1.86 bits per heavy atom.